The second kappa shape index (κ2) is 72.1. The molecule has 0 saturated carbocycles. The summed E-state index contributed by atoms with van der Waals surface area (Å²) >= 11 is 0. The number of benzene rings is 13. The molecule has 1 heterocycles. The van der Waals surface area contributed by atoms with Crippen molar-refractivity contribution in [2.45, 2.75) is 32.1 Å². The van der Waals surface area contributed by atoms with E-state index >= 15 is 0 Å². The van der Waals surface area contributed by atoms with Crippen LogP contribution in [-0.4, -0.2) is 109 Å². The highest BCUT2D eigenvalue weighted by molar-refractivity contribution is 5.58. The van der Waals surface area contributed by atoms with Crippen molar-refractivity contribution in [3.63, 3.8) is 0 Å². The Kier molecular flexibility index (Phi) is 57.2. The normalized spacial score (nSPS) is 11.3. The van der Waals surface area contributed by atoms with Crippen LogP contribution in [0, 0.1) is 10.1 Å². The van der Waals surface area contributed by atoms with Crippen LogP contribution < -0.4 is 45.3 Å². The minimum absolute atomic E-state index is 0. The fourth-order valence-corrected chi connectivity index (χ4v) is 13.2. The Morgan fingerprint density at radius 3 is 0.905 bits per heavy atom. The van der Waals surface area contributed by atoms with Crippen molar-refractivity contribution in [3.05, 3.63) is 500 Å². The Morgan fingerprint density at radius 2 is 0.585 bits per heavy atom. The van der Waals surface area contributed by atoms with E-state index in [1.54, 1.807) is 48.6 Å². The van der Waals surface area contributed by atoms with Crippen molar-refractivity contribution in [1.29, 1.82) is 0 Å². The maximum absolute atomic E-state index is 10.5. The molecule has 147 heavy (non-hydrogen) atoms. The third-order valence-corrected chi connectivity index (χ3v) is 20.4. The third kappa shape index (κ3) is 47.0. The van der Waals surface area contributed by atoms with Gasteiger partial charge in [0.25, 0.3) is 5.69 Å². The molecule has 1 fully saturated rings. The van der Waals surface area contributed by atoms with Gasteiger partial charge in [-0.25, -0.2) is 0 Å². The molecular weight excluding hydrogens is 1900 g/mol. The first kappa shape index (κ1) is 117. The number of quaternary nitrogens is 1. The van der Waals surface area contributed by atoms with Crippen LogP contribution in [0.4, 0.5) is 91.0 Å². The van der Waals surface area contributed by atoms with Gasteiger partial charge in [0.2, 0.25) is 0 Å². The van der Waals surface area contributed by atoms with E-state index < -0.39 is 4.92 Å². The average Bonchev–Trinajstić information content (AvgIpc) is 0.812. The van der Waals surface area contributed by atoms with Crippen LogP contribution in [-0.2, 0) is 22.3 Å². The monoisotopic (exact) mass is 2030 g/mol. The standard InChI is InChI=1S/C22H26N2O2.C21H24N3.C18H19N3.2C18H18N2O2.C12H10N2.C11H14N4O2.BrH/c1-3-15-25-17-13-19-5-9-21(10-6-19)23-24-22-11-7-20(8-12-22)14-18-26-16-4-2;1-4-16-24(17-5-2,18-6-3)21-14-12-20(13-15-21)23-22-19-10-8-7-9-11-19;1-3-14-21(15-4-2)18-12-10-17(11-13-18)20-19-16-8-6-5-7-9-16;1-3-13-21-17-9-5-15(6-10-17)19-20-16-7-11-18(12-8-16)22-14-4-2;1-3-13-21-17-11-7-5-9-15(17)19-20-16-10-6-8-12-18(16)22-14-4-2;1-3-7-11(8-4-1)13-14-12-9-5-2-6-10-12;16-15(17)11-6-4-10(5-7-11)12-13-14-8-2-1-3-9-14;/h3-12H,1-2,13-18H2;4-15H,1-3,16-18H2;3-13H,1-2,14-15H2;2*3-12H,1-2,13-14H2;1-10H;4-7H,1-3,8-9H2;1H/q;+1;;;;;;/p-1. The first-order valence-corrected chi connectivity index (χ1v) is 47.6. The third-order valence-electron chi connectivity index (χ3n) is 20.4. The number of halogens is 1. The van der Waals surface area contributed by atoms with Crippen molar-refractivity contribution in [2.24, 2.45) is 71.7 Å². The van der Waals surface area contributed by atoms with Gasteiger partial charge < -0.3 is 50.3 Å². The lowest BCUT2D eigenvalue weighted by atomic mass is 10.1. The molecule has 13 aromatic rings. The van der Waals surface area contributed by atoms with Crippen LogP contribution in [0.15, 0.2) is 551 Å². The summed E-state index contributed by atoms with van der Waals surface area (Å²) in [5.74, 6) is 2.89. The van der Waals surface area contributed by atoms with Crippen LogP contribution in [0.25, 0.3) is 0 Å². The zero-order chi connectivity index (χ0) is 104. The van der Waals surface area contributed by atoms with E-state index in [0.29, 0.717) is 81.4 Å². The SMILES string of the molecule is C=CCN(CC=C)c1ccc(N=Nc2ccccc2)cc1.C=CCOCCc1ccc(N=Nc2ccc(CCOCC=C)cc2)cc1.C=CCOc1ccc(N=Nc2ccc(OCC=C)cc2)cc1.C=CCOc1ccccc1N=Nc1ccccc1OCC=C.C=CC[N+](CC=C)(CC=C)c1ccc(N=Nc2ccccc2)cc1.O=[N+]([O-])c1ccc(N=NN2CCCCC2)cc1.[Br-].c1ccc(N=Nc2ccccc2)cc1. The summed E-state index contributed by atoms with van der Waals surface area (Å²) in [5, 5.41) is 71.2. The number of hydrogen-bond donors (Lipinski definition) is 0. The van der Waals surface area contributed by atoms with Gasteiger partial charge in [0.15, 0.2) is 0 Å². The van der Waals surface area contributed by atoms with E-state index in [1.807, 2.05) is 314 Å². The first-order chi connectivity index (χ1) is 71.7. The summed E-state index contributed by atoms with van der Waals surface area (Å²) in [6.45, 7) is 51.3. The summed E-state index contributed by atoms with van der Waals surface area (Å²) in [6, 6.07) is 107. The van der Waals surface area contributed by atoms with Crippen LogP contribution in [0.3, 0.4) is 0 Å². The predicted molar refractivity (Wildman–Crippen MR) is 597 cm³/mol. The van der Waals surface area contributed by atoms with Crippen molar-refractivity contribution in [3.8, 4) is 23.0 Å². The van der Waals surface area contributed by atoms with Gasteiger partial charge in [0.1, 0.15) is 86.1 Å². The molecule has 1 aliphatic rings. The number of nitrogens with zero attached hydrogens (tertiary/aromatic N) is 18. The maximum Gasteiger partial charge on any atom is 0.269 e. The first-order valence-electron chi connectivity index (χ1n) is 47.6. The van der Waals surface area contributed by atoms with Gasteiger partial charge in [-0.3, -0.25) is 19.6 Å². The fraction of sp³-hybridized carbons (Fsp3) is 0.167. The molecule has 0 N–H and O–H groups in total. The number of rotatable bonds is 49. The van der Waals surface area contributed by atoms with Crippen LogP contribution >= 0.6 is 0 Å². The molecule has 13 aromatic carbocycles. The van der Waals surface area contributed by atoms with Gasteiger partial charge in [0.05, 0.1) is 93.9 Å². The Labute approximate surface area is 875 Å². The summed E-state index contributed by atoms with van der Waals surface area (Å²) in [6.07, 6.45) is 25.2. The molecule has 0 aliphatic carbocycles. The molecule has 0 amide bonds. The molecule has 0 aromatic heterocycles. The topological polar surface area (TPSA) is 278 Å². The molecule has 0 spiro atoms. The average molecular weight is 2030 g/mol. The second-order valence-corrected chi connectivity index (χ2v) is 31.5. The Balaban J connectivity index is 0.000000233. The molecular formula is C120H129BrN18O8. The number of azo groups is 6. The summed E-state index contributed by atoms with van der Waals surface area (Å²) < 4.78 is 33.4. The van der Waals surface area contributed by atoms with Gasteiger partial charge in [-0.05, 0) is 256 Å². The van der Waals surface area contributed by atoms with Crippen LogP contribution in [0.5, 0.6) is 23.0 Å². The smallest absolute Gasteiger partial charge is 0.269 e. The zero-order valence-corrected chi connectivity index (χ0v) is 84.9. The molecule has 27 heteroatoms. The number of anilines is 1. The van der Waals surface area contributed by atoms with E-state index in [9.17, 15) is 10.1 Å². The van der Waals surface area contributed by atoms with Gasteiger partial charge in [0, 0.05) is 56.1 Å². The lowest BCUT2D eigenvalue weighted by Crippen LogP contribution is -3.00. The van der Waals surface area contributed by atoms with Gasteiger partial charge in [-0.2, -0.15) is 51.1 Å². The lowest BCUT2D eigenvalue weighted by Gasteiger charge is -2.35. The van der Waals surface area contributed by atoms with Gasteiger partial charge >= 0.3 is 0 Å². The predicted octanol–water partition coefficient (Wildman–Crippen LogP) is 31.5. The van der Waals surface area contributed by atoms with E-state index in [1.165, 1.54) is 35.4 Å². The molecule has 0 bridgehead atoms. The van der Waals surface area contributed by atoms with Gasteiger partial charge in [-0.15, -0.1) is 41.7 Å². The van der Waals surface area contributed by atoms with Crippen molar-refractivity contribution >= 4 is 91.0 Å². The number of nitro groups is 1. The Bertz CT molecular complexity index is 6000. The van der Waals surface area contributed by atoms with Gasteiger partial charge in [-0.1, -0.05) is 221 Å². The zero-order valence-electron chi connectivity index (χ0n) is 83.3. The molecule has 0 unspecified atom stereocenters. The molecule has 14 rings (SSSR count). The summed E-state index contributed by atoms with van der Waals surface area (Å²) in [5.41, 5.74) is 15.1. The van der Waals surface area contributed by atoms with E-state index in [2.05, 4.69) is 185 Å². The highest BCUT2D eigenvalue weighted by Crippen LogP contribution is 2.35. The van der Waals surface area contributed by atoms with Crippen LogP contribution in [0.2, 0.25) is 0 Å². The van der Waals surface area contributed by atoms with Crippen molar-refractivity contribution in [2.75, 3.05) is 104 Å². The van der Waals surface area contributed by atoms with Crippen LogP contribution in [0.1, 0.15) is 30.4 Å². The molecule has 0 atom stereocenters. The maximum atomic E-state index is 10.5. The number of ether oxygens (including phenoxy) is 6. The molecule has 0 radical (unpaired) electrons. The molecule has 754 valence electrons. The quantitative estimate of drug-likeness (QED) is 0.00868. The largest absolute Gasteiger partial charge is 1.00 e. The number of hydrogen-bond acceptors (Lipinski definition) is 23. The Morgan fingerprint density at radius 1 is 0.299 bits per heavy atom. The second-order valence-electron chi connectivity index (χ2n) is 31.5. The highest BCUT2D eigenvalue weighted by Gasteiger charge is 2.26. The van der Waals surface area contributed by atoms with E-state index in [4.69, 9.17) is 28.4 Å². The van der Waals surface area contributed by atoms with E-state index in [-0.39, 0.29) is 22.7 Å². The summed E-state index contributed by atoms with van der Waals surface area (Å²) in [4.78, 5) is 12.2. The highest BCUT2D eigenvalue weighted by atomic mass is 79.9. The minimum Gasteiger partial charge on any atom is -1.00 e. The summed E-state index contributed by atoms with van der Waals surface area (Å²) in [7, 11) is 0. The molecule has 1 aliphatic heterocycles. The lowest BCUT2D eigenvalue weighted by molar-refractivity contribution is -0.384. The minimum atomic E-state index is -0.425. The number of nitro benzene ring substituents is 1. The van der Waals surface area contributed by atoms with E-state index in [0.717, 1.165) is 150 Å². The van der Waals surface area contributed by atoms with Crippen molar-refractivity contribution < 1.29 is 50.3 Å². The van der Waals surface area contributed by atoms with Crippen molar-refractivity contribution in [1.82, 2.24) is 9.49 Å². The number of non-ortho nitro benzene ring substituents is 1. The Hall–Kier alpha value is -17.2. The molecule has 1 saturated heterocycles. The number of piperidine rings is 1. The number of para-hydroxylation sites is 2. The fourth-order valence-electron chi connectivity index (χ4n) is 13.2. The molecule has 26 nitrogen and oxygen atoms in total.